The van der Waals surface area contributed by atoms with Crippen molar-refractivity contribution in [2.24, 2.45) is 5.92 Å². The van der Waals surface area contributed by atoms with Gasteiger partial charge in [-0.1, -0.05) is 13.3 Å². The lowest BCUT2D eigenvalue weighted by Crippen LogP contribution is -2.34. The second kappa shape index (κ2) is 11.7. The smallest absolute Gasteiger partial charge is 0.407 e. The number of hydrogen-bond donors (Lipinski definition) is 2. The lowest BCUT2D eigenvalue weighted by molar-refractivity contribution is 0.0511. The first-order valence-corrected chi connectivity index (χ1v) is 10.6. The topological polar surface area (TPSA) is 72.6 Å². The Morgan fingerprint density at radius 2 is 2.00 bits per heavy atom. The number of hydrogen-bond acceptors (Lipinski definition) is 4. The number of aromatic amines is 1. The van der Waals surface area contributed by atoms with E-state index < -0.39 is 5.60 Å². The summed E-state index contributed by atoms with van der Waals surface area (Å²) >= 11 is 0. The fourth-order valence-corrected chi connectivity index (χ4v) is 2.96. The van der Waals surface area contributed by atoms with Gasteiger partial charge in [-0.2, -0.15) is 0 Å². The number of fused-ring (bicyclic) bond motifs is 1. The van der Waals surface area contributed by atoms with E-state index >= 15 is 0 Å². The standard InChI is InChI=1S/C23H36N2O4/c1-5-6-14-27-17-18(9-12-25-22(26)29-23(2,3)4)11-15-28-20-7-8-21-19(16-20)10-13-24-21/h7-8,10,13,16,18,24H,5-6,9,11-12,14-15,17H2,1-4H3,(H,25,26). The number of amides is 1. The first-order valence-electron chi connectivity index (χ1n) is 10.6. The first kappa shape index (κ1) is 23.1. The molecule has 1 heterocycles. The largest absolute Gasteiger partial charge is 0.494 e. The SMILES string of the molecule is CCCCOCC(CCNC(=O)OC(C)(C)C)CCOc1ccc2[nH]ccc2c1. The van der Waals surface area contributed by atoms with E-state index in [0.29, 0.717) is 25.7 Å². The lowest BCUT2D eigenvalue weighted by Gasteiger charge is -2.21. The summed E-state index contributed by atoms with van der Waals surface area (Å²) in [7, 11) is 0. The van der Waals surface area contributed by atoms with Crippen LogP contribution in [0.25, 0.3) is 10.9 Å². The minimum Gasteiger partial charge on any atom is -0.494 e. The molecule has 2 rings (SSSR count). The fourth-order valence-electron chi connectivity index (χ4n) is 2.96. The molecule has 0 fully saturated rings. The molecule has 1 unspecified atom stereocenters. The maximum Gasteiger partial charge on any atom is 0.407 e. The Hall–Kier alpha value is -2.21. The Labute approximate surface area is 174 Å². The Balaban J connectivity index is 1.76. The summed E-state index contributed by atoms with van der Waals surface area (Å²) in [5.41, 5.74) is 0.619. The average molecular weight is 405 g/mol. The highest BCUT2D eigenvalue weighted by atomic mass is 16.6. The number of unbranched alkanes of at least 4 members (excludes halogenated alkanes) is 1. The van der Waals surface area contributed by atoms with Crippen molar-refractivity contribution in [3.05, 3.63) is 30.5 Å². The van der Waals surface area contributed by atoms with E-state index in [1.807, 2.05) is 51.2 Å². The molecule has 0 aliphatic heterocycles. The second-order valence-electron chi connectivity index (χ2n) is 8.38. The molecule has 0 radical (unpaired) electrons. The summed E-state index contributed by atoms with van der Waals surface area (Å²) in [6.07, 6.45) is 5.43. The van der Waals surface area contributed by atoms with Crippen LogP contribution in [0.5, 0.6) is 5.75 Å². The van der Waals surface area contributed by atoms with Crippen molar-refractivity contribution >= 4 is 17.0 Å². The van der Waals surface area contributed by atoms with E-state index in [0.717, 1.165) is 48.9 Å². The van der Waals surface area contributed by atoms with Crippen molar-refractivity contribution in [2.45, 2.75) is 59.0 Å². The fraction of sp³-hybridized carbons (Fsp3) is 0.609. The van der Waals surface area contributed by atoms with Gasteiger partial charge in [0.25, 0.3) is 0 Å². The van der Waals surface area contributed by atoms with Gasteiger partial charge in [0.05, 0.1) is 6.61 Å². The Kier molecular flexibility index (Phi) is 9.32. The van der Waals surface area contributed by atoms with E-state index in [-0.39, 0.29) is 6.09 Å². The molecular weight excluding hydrogens is 368 g/mol. The molecule has 6 nitrogen and oxygen atoms in total. The zero-order valence-corrected chi connectivity index (χ0v) is 18.3. The number of carbonyl (C=O) groups is 1. The van der Waals surface area contributed by atoms with Gasteiger partial charge in [-0.3, -0.25) is 0 Å². The number of H-pyrrole nitrogens is 1. The highest BCUT2D eigenvalue weighted by Gasteiger charge is 2.16. The van der Waals surface area contributed by atoms with Crippen LogP contribution in [0.3, 0.4) is 0 Å². The number of ether oxygens (including phenoxy) is 3. The van der Waals surface area contributed by atoms with Gasteiger partial charge in [0.15, 0.2) is 0 Å². The molecule has 29 heavy (non-hydrogen) atoms. The van der Waals surface area contributed by atoms with Crippen LogP contribution in [0.2, 0.25) is 0 Å². The van der Waals surface area contributed by atoms with Gasteiger partial charge in [-0.05, 0) is 70.2 Å². The number of aromatic nitrogens is 1. The van der Waals surface area contributed by atoms with Crippen LogP contribution in [-0.2, 0) is 9.47 Å². The van der Waals surface area contributed by atoms with Crippen molar-refractivity contribution in [3.63, 3.8) is 0 Å². The highest BCUT2D eigenvalue weighted by Crippen LogP contribution is 2.20. The van der Waals surface area contributed by atoms with Crippen molar-refractivity contribution in [3.8, 4) is 5.75 Å². The van der Waals surface area contributed by atoms with Crippen LogP contribution in [0, 0.1) is 5.92 Å². The van der Waals surface area contributed by atoms with Crippen LogP contribution in [0.4, 0.5) is 4.79 Å². The zero-order valence-electron chi connectivity index (χ0n) is 18.3. The molecule has 162 valence electrons. The van der Waals surface area contributed by atoms with Crippen LogP contribution in [0.1, 0.15) is 53.4 Å². The lowest BCUT2D eigenvalue weighted by atomic mass is 10.0. The summed E-state index contributed by atoms with van der Waals surface area (Å²) in [5.74, 6) is 1.19. The molecule has 0 bridgehead atoms. The molecule has 1 atom stereocenters. The molecule has 0 saturated heterocycles. The van der Waals surface area contributed by atoms with Crippen LogP contribution in [0.15, 0.2) is 30.5 Å². The van der Waals surface area contributed by atoms with Gasteiger partial charge < -0.3 is 24.5 Å². The van der Waals surface area contributed by atoms with Gasteiger partial charge in [-0.15, -0.1) is 0 Å². The molecule has 6 heteroatoms. The summed E-state index contributed by atoms with van der Waals surface area (Å²) in [4.78, 5) is 15.0. The number of carbonyl (C=O) groups excluding carboxylic acids is 1. The van der Waals surface area contributed by atoms with E-state index in [2.05, 4.69) is 17.2 Å². The number of rotatable bonds is 12. The Morgan fingerprint density at radius 1 is 1.17 bits per heavy atom. The monoisotopic (exact) mass is 404 g/mol. The van der Waals surface area contributed by atoms with Crippen LogP contribution in [-0.4, -0.2) is 43.0 Å². The van der Waals surface area contributed by atoms with Crippen molar-refractivity contribution < 1.29 is 19.0 Å². The first-order chi connectivity index (χ1) is 13.9. The third kappa shape index (κ3) is 9.22. The summed E-state index contributed by atoms with van der Waals surface area (Å²) in [5, 5.41) is 3.98. The Bertz CT molecular complexity index is 736. The minimum atomic E-state index is -0.485. The number of alkyl carbamates (subject to hydrolysis) is 1. The summed E-state index contributed by atoms with van der Waals surface area (Å²) in [6.45, 7) is 10.4. The van der Waals surface area contributed by atoms with Crippen molar-refractivity contribution in [2.75, 3.05) is 26.4 Å². The highest BCUT2D eigenvalue weighted by molar-refractivity contribution is 5.80. The molecular formula is C23H36N2O4. The zero-order chi connectivity index (χ0) is 21.1. The predicted octanol–water partition coefficient (Wildman–Crippen LogP) is 5.28. The van der Waals surface area contributed by atoms with E-state index in [4.69, 9.17) is 14.2 Å². The maximum atomic E-state index is 11.8. The molecule has 2 N–H and O–H groups in total. The molecule has 0 spiro atoms. The van der Waals surface area contributed by atoms with Gasteiger partial charge >= 0.3 is 6.09 Å². The molecule has 0 aliphatic rings. The van der Waals surface area contributed by atoms with E-state index in [1.165, 1.54) is 0 Å². The van der Waals surface area contributed by atoms with Gasteiger partial charge in [0.1, 0.15) is 11.4 Å². The molecule has 2 aromatic rings. The summed E-state index contributed by atoms with van der Waals surface area (Å²) in [6, 6.07) is 8.09. The van der Waals surface area contributed by atoms with Gasteiger partial charge in [-0.25, -0.2) is 4.79 Å². The van der Waals surface area contributed by atoms with Gasteiger partial charge in [0, 0.05) is 36.9 Å². The van der Waals surface area contributed by atoms with Crippen molar-refractivity contribution in [1.29, 1.82) is 0 Å². The Morgan fingerprint density at radius 3 is 2.76 bits per heavy atom. The minimum absolute atomic E-state index is 0.317. The predicted molar refractivity (Wildman–Crippen MR) is 116 cm³/mol. The molecule has 1 aromatic carbocycles. The van der Waals surface area contributed by atoms with Gasteiger partial charge in [0.2, 0.25) is 0 Å². The third-order valence-electron chi connectivity index (χ3n) is 4.54. The average Bonchev–Trinajstić information content (AvgIpc) is 3.11. The maximum absolute atomic E-state index is 11.8. The second-order valence-corrected chi connectivity index (χ2v) is 8.38. The van der Waals surface area contributed by atoms with Crippen molar-refractivity contribution in [1.82, 2.24) is 10.3 Å². The normalized spacial score (nSPS) is 12.7. The molecule has 1 amide bonds. The third-order valence-corrected chi connectivity index (χ3v) is 4.54. The van der Waals surface area contributed by atoms with Crippen LogP contribution < -0.4 is 10.1 Å². The van der Waals surface area contributed by atoms with E-state index in [1.54, 1.807) is 0 Å². The molecule has 0 aliphatic carbocycles. The summed E-state index contributed by atoms with van der Waals surface area (Å²) < 4.78 is 17.1. The molecule has 1 aromatic heterocycles. The molecule has 0 saturated carbocycles. The van der Waals surface area contributed by atoms with Crippen LogP contribution >= 0.6 is 0 Å². The van der Waals surface area contributed by atoms with E-state index in [9.17, 15) is 4.79 Å². The number of benzene rings is 1. The number of nitrogens with one attached hydrogen (secondary N) is 2. The quantitative estimate of drug-likeness (QED) is 0.472.